The van der Waals surface area contributed by atoms with Crippen molar-refractivity contribution in [2.45, 2.75) is 64.7 Å². The monoisotopic (exact) mass is 533 g/mol. The molecule has 8 heteroatoms. The molecule has 3 heterocycles. The van der Waals surface area contributed by atoms with Crippen LogP contribution in [-0.2, 0) is 19.9 Å². The maximum Gasteiger partial charge on any atom is 0.254 e. The van der Waals surface area contributed by atoms with Crippen molar-refractivity contribution in [3.8, 4) is 11.5 Å². The van der Waals surface area contributed by atoms with Crippen molar-refractivity contribution in [3.63, 3.8) is 0 Å². The number of aromatic nitrogens is 1. The summed E-state index contributed by atoms with van der Waals surface area (Å²) in [6.07, 6.45) is 0.822. The fourth-order valence-electron chi connectivity index (χ4n) is 5.98. The summed E-state index contributed by atoms with van der Waals surface area (Å²) < 4.78 is 17.3. The third kappa shape index (κ3) is 4.75. The first-order valence-electron chi connectivity index (χ1n) is 13.8. The molecule has 2 aromatic carbocycles. The molecule has 8 nitrogen and oxygen atoms in total. The van der Waals surface area contributed by atoms with Crippen molar-refractivity contribution >= 4 is 22.7 Å². The van der Waals surface area contributed by atoms with E-state index in [0.717, 1.165) is 27.7 Å². The number of aromatic amines is 1. The van der Waals surface area contributed by atoms with E-state index in [2.05, 4.69) is 11.1 Å². The van der Waals surface area contributed by atoms with Crippen molar-refractivity contribution in [3.05, 3.63) is 59.3 Å². The lowest BCUT2D eigenvalue weighted by molar-refractivity contribution is -0.166. The Labute approximate surface area is 230 Å². The van der Waals surface area contributed by atoms with Crippen LogP contribution in [0.2, 0.25) is 0 Å². The number of hydrogen-bond donors (Lipinski definition) is 1. The van der Waals surface area contributed by atoms with Gasteiger partial charge in [0.2, 0.25) is 5.91 Å². The number of benzene rings is 2. The molecule has 0 saturated carbocycles. The maximum atomic E-state index is 14.1. The molecule has 0 aliphatic carbocycles. The molecule has 5 rings (SSSR count). The summed E-state index contributed by atoms with van der Waals surface area (Å²) in [5, 5.41) is 1.06. The molecule has 3 aromatic rings. The van der Waals surface area contributed by atoms with Crippen LogP contribution in [-0.4, -0.2) is 72.2 Å². The van der Waals surface area contributed by atoms with Gasteiger partial charge in [-0.1, -0.05) is 24.3 Å². The highest BCUT2D eigenvalue weighted by Gasteiger charge is 2.56. The van der Waals surface area contributed by atoms with Crippen LogP contribution in [0, 0.1) is 0 Å². The predicted molar refractivity (Wildman–Crippen MR) is 150 cm³/mol. The van der Waals surface area contributed by atoms with Gasteiger partial charge >= 0.3 is 0 Å². The van der Waals surface area contributed by atoms with Crippen molar-refractivity contribution in [2.75, 3.05) is 33.4 Å². The van der Waals surface area contributed by atoms with Gasteiger partial charge in [0.15, 0.2) is 17.0 Å². The van der Waals surface area contributed by atoms with Gasteiger partial charge < -0.3 is 29.0 Å². The lowest BCUT2D eigenvalue weighted by Gasteiger charge is -2.51. The Morgan fingerprint density at radius 1 is 1.05 bits per heavy atom. The first-order chi connectivity index (χ1) is 18.6. The highest BCUT2D eigenvalue weighted by atomic mass is 16.5. The van der Waals surface area contributed by atoms with E-state index in [1.165, 1.54) is 0 Å². The average Bonchev–Trinajstić information content (AvgIpc) is 3.30. The van der Waals surface area contributed by atoms with E-state index < -0.39 is 5.54 Å². The number of carbonyl (C=O) groups is 2. The number of H-pyrrole nitrogens is 1. The second kappa shape index (κ2) is 10.6. The van der Waals surface area contributed by atoms with Crippen LogP contribution >= 0.6 is 0 Å². The number of rotatable bonds is 9. The van der Waals surface area contributed by atoms with Crippen molar-refractivity contribution in [1.29, 1.82) is 0 Å². The molecule has 2 aliphatic heterocycles. The Morgan fingerprint density at radius 3 is 2.54 bits per heavy atom. The van der Waals surface area contributed by atoms with Crippen LogP contribution in [0.5, 0.6) is 11.5 Å². The zero-order valence-electron chi connectivity index (χ0n) is 23.7. The smallest absolute Gasteiger partial charge is 0.254 e. The van der Waals surface area contributed by atoms with E-state index in [1.807, 2.05) is 71.0 Å². The van der Waals surface area contributed by atoms with E-state index in [-0.39, 0.29) is 36.5 Å². The van der Waals surface area contributed by atoms with Gasteiger partial charge in [0.25, 0.3) is 5.91 Å². The van der Waals surface area contributed by atoms with Crippen LogP contribution in [0.25, 0.3) is 10.9 Å². The van der Waals surface area contributed by atoms with Crippen LogP contribution in [0.3, 0.4) is 0 Å². The summed E-state index contributed by atoms with van der Waals surface area (Å²) in [6, 6.07) is 14.1. The van der Waals surface area contributed by atoms with Gasteiger partial charge in [-0.2, -0.15) is 0 Å². The molecule has 2 amide bonds. The molecule has 39 heavy (non-hydrogen) atoms. The molecule has 1 N–H and O–H groups in total. The van der Waals surface area contributed by atoms with Crippen LogP contribution in [0.15, 0.2) is 42.5 Å². The molecule has 0 unspecified atom stereocenters. The molecule has 1 aromatic heterocycles. The van der Waals surface area contributed by atoms with Gasteiger partial charge in [-0.3, -0.25) is 9.59 Å². The minimum atomic E-state index is -1.12. The van der Waals surface area contributed by atoms with Gasteiger partial charge in [-0.05, 0) is 70.4 Å². The lowest BCUT2D eigenvalue weighted by atomic mass is 9.76. The summed E-state index contributed by atoms with van der Waals surface area (Å²) in [5.41, 5.74) is 2.66. The molecule has 208 valence electrons. The van der Waals surface area contributed by atoms with E-state index >= 15 is 0 Å². The number of nitrogens with one attached hydrogen (secondary N) is 1. The molecule has 0 bridgehead atoms. The van der Waals surface area contributed by atoms with Crippen LogP contribution < -0.4 is 9.47 Å². The molecule has 0 spiro atoms. The van der Waals surface area contributed by atoms with E-state index in [9.17, 15) is 9.59 Å². The standard InChI is InChI=1S/C31H39N3O5/c1-19(2)38-15-9-14-33-18-27(35)34-17-23(21-12-13-25(39-20(3)4)26(16-21)37-6)28-22-10-7-8-11-24(22)32-29(28)31(34,5)30(33)36/h7-8,10-13,16,19-20,23,32H,9,14-15,17-18H2,1-6H3/t23-,31+/m1/s1. The second-order valence-corrected chi connectivity index (χ2v) is 11.2. The van der Waals surface area contributed by atoms with Gasteiger partial charge in [0.1, 0.15) is 0 Å². The number of para-hydroxylation sites is 1. The average molecular weight is 534 g/mol. The maximum absolute atomic E-state index is 14.1. The normalized spacial score (nSPS) is 21.1. The lowest BCUT2D eigenvalue weighted by Crippen LogP contribution is -2.67. The summed E-state index contributed by atoms with van der Waals surface area (Å²) in [7, 11) is 1.63. The predicted octanol–water partition coefficient (Wildman–Crippen LogP) is 4.81. The summed E-state index contributed by atoms with van der Waals surface area (Å²) in [4.78, 5) is 34.8. The SMILES string of the molecule is COc1cc([C@H]2CN3C(=O)CN(CCCOC(C)C)C(=O)[C@]3(C)c3[nH]c4ccccc4c32)ccc1OC(C)C. The molecule has 1 saturated heterocycles. The Hall–Kier alpha value is -3.52. The van der Waals surface area contributed by atoms with Crippen molar-refractivity contribution in [1.82, 2.24) is 14.8 Å². The van der Waals surface area contributed by atoms with E-state index in [4.69, 9.17) is 14.2 Å². The topological polar surface area (TPSA) is 84.1 Å². The molecule has 2 atom stereocenters. The first-order valence-corrected chi connectivity index (χ1v) is 13.8. The third-order valence-corrected chi connectivity index (χ3v) is 7.79. The number of methoxy groups -OCH3 is 1. The van der Waals surface area contributed by atoms with Gasteiger partial charge in [-0.15, -0.1) is 0 Å². The Kier molecular flexibility index (Phi) is 7.33. The second-order valence-electron chi connectivity index (χ2n) is 11.2. The number of amides is 2. The van der Waals surface area contributed by atoms with Crippen LogP contribution in [0.1, 0.15) is 63.8 Å². The molecule has 2 aliphatic rings. The van der Waals surface area contributed by atoms with Gasteiger partial charge in [0, 0.05) is 36.5 Å². The fourth-order valence-corrected chi connectivity index (χ4v) is 5.98. The van der Waals surface area contributed by atoms with Crippen molar-refractivity contribution < 1.29 is 23.8 Å². The number of piperazine rings is 1. The first kappa shape index (κ1) is 27.1. The molecule has 1 fully saturated rings. The van der Waals surface area contributed by atoms with Crippen molar-refractivity contribution in [2.24, 2.45) is 0 Å². The number of fused-ring (bicyclic) bond motifs is 5. The molecular weight excluding hydrogens is 494 g/mol. The number of nitrogens with zero attached hydrogens (tertiary/aromatic N) is 2. The minimum absolute atomic E-state index is 0.0113. The number of ether oxygens (including phenoxy) is 3. The summed E-state index contributed by atoms with van der Waals surface area (Å²) >= 11 is 0. The Morgan fingerprint density at radius 2 is 1.82 bits per heavy atom. The van der Waals surface area contributed by atoms with Crippen LogP contribution in [0.4, 0.5) is 0 Å². The summed E-state index contributed by atoms with van der Waals surface area (Å²) in [5.74, 6) is 1.07. The highest BCUT2D eigenvalue weighted by molar-refractivity contribution is 6.01. The quantitative estimate of drug-likeness (QED) is 0.399. The third-order valence-electron chi connectivity index (χ3n) is 7.79. The number of carbonyl (C=O) groups excluding carboxylic acids is 2. The zero-order chi connectivity index (χ0) is 27.9. The van der Waals surface area contributed by atoms with Gasteiger partial charge in [-0.25, -0.2) is 0 Å². The van der Waals surface area contributed by atoms with Gasteiger partial charge in [0.05, 0.1) is 31.6 Å². The van der Waals surface area contributed by atoms with E-state index in [0.29, 0.717) is 37.6 Å². The molecular formula is C31H39N3O5. The number of hydrogen-bond acceptors (Lipinski definition) is 5. The Bertz CT molecular complexity index is 1380. The summed E-state index contributed by atoms with van der Waals surface area (Å²) in [6.45, 7) is 11.3. The highest BCUT2D eigenvalue weighted by Crippen LogP contribution is 2.49. The largest absolute Gasteiger partial charge is 0.493 e. The fraction of sp³-hybridized carbons (Fsp3) is 0.484. The zero-order valence-corrected chi connectivity index (χ0v) is 23.7. The Balaban J connectivity index is 1.58. The minimum Gasteiger partial charge on any atom is -0.493 e. The van der Waals surface area contributed by atoms with E-state index in [1.54, 1.807) is 16.9 Å². The molecule has 0 radical (unpaired) electrons.